The summed E-state index contributed by atoms with van der Waals surface area (Å²) in [5.41, 5.74) is 12.5. The number of carbonyl (C=O) groups is 3. The Bertz CT molecular complexity index is 2340. The van der Waals surface area contributed by atoms with Crippen LogP contribution >= 0.6 is 0 Å². The lowest BCUT2D eigenvalue weighted by Gasteiger charge is -2.18. The molecule has 0 spiro atoms. The minimum Gasteiger partial charge on any atom is -0.469 e. The third-order valence-electron chi connectivity index (χ3n) is 10.8. The molecule has 8 bridgehead atoms. The van der Waals surface area contributed by atoms with Crippen molar-refractivity contribution in [1.82, 2.24) is 30.2 Å². The van der Waals surface area contributed by atoms with E-state index in [1.54, 1.807) is 6.20 Å². The highest BCUT2D eigenvalue weighted by Gasteiger charge is 2.34. The molecule has 6 heterocycles. The molecular weight excluding hydrogens is 681 g/mol. The fraction of sp³-hybridized carbons (Fsp3) is 0.349. The van der Waals surface area contributed by atoms with Crippen LogP contribution in [0.25, 0.3) is 39.3 Å². The van der Waals surface area contributed by atoms with Gasteiger partial charge < -0.3 is 24.8 Å². The predicted molar refractivity (Wildman–Crippen MR) is 212 cm³/mol. The van der Waals surface area contributed by atoms with E-state index in [-0.39, 0.29) is 36.6 Å². The summed E-state index contributed by atoms with van der Waals surface area (Å²) >= 11 is 0. The van der Waals surface area contributed by atoms with Gasteiger partial charge in [0, 0.05) is 76.5 Å². The number of hydrogen-bond donors (Lipinski definition) is 3. The first-order valence-electron chi connectivity index (χ1n) is 18.4. The third-order valence-corrected chi connectivity index (χ3v) is 10.8. The smallest absolute Gasteiger partial charge is 0.310 e. The highest BCUT2D eigenvalue weighted by atomic mass is 16.5. The zero-order chi connectivity index (χ0) is 38.7. The fourth-order valence-corrected chi connectivity index (χ4v) is 7.64. The Kier molecular flexibility index (Phi) is 11.3. The van der Waals surface area contributed by atoms with E-state index in [1.165, 1.54) is 14.2 Å². The van der Waals surface area contributed by atoms with E-state index >= 15 is 0 Å². The number of pyridine rings is 1. The molecule has 0 saturated heterocycles. The summed E-state index contributed by atoms with van der Waals surface area (Å²) in [4.78, 5) is 62.1. The van der Waals surface area contributed by atoms with Gasteiger partial charge in [0.2, 0.25) is 0 Å². The molecule has 280 valence electrons. The minimum absolute atomic E-state index is 0.151. The molecular formula is C43H48N6O5. The molecule has 3 N–H and O–H groups in total. The van der Waals surface area contributed by atoms with Crippen LogP contribution in [0.4, 0.5) is 0 Å². The van der Waals surface area contributed by atoms with Crippen molar-refractivity contribution in [3.8, 4) is 0 Å². The average Bonchev–Trinajstić information content (AvgIpc) is 3.85. The van der Waals surface area contributed by atoms with Crippen LogP contribution in [-0.2, 0) is 31.9 Å². The number of ether oxygens (including phenoxy) is 2. The summed E-state index contributed by atoms with van der Waals surface area (Å²) in [6.45, 7) is 14.7. The fourth-order valence-electron chi connectivity index (χ4n) is 7.64. The number of esters is 2. The molecule has 2 aliphatic rings. The molecule has 0 radical (unpaired) electrons. The number of nitrogens with one attached hydrogen (secondary N) is 3. The molecule has 11 nitrogen and oxygen atoms in total. The number of aromatic amines is 2. The molecule has 11 heteroatoms. The number of amides is 1. The molecule has 4 aromatic heterocycles. The Morgan fingerprint density at radius 3 is 2.37 bits per heavy atom. The van der Waals surface area contributed by atoms with E-state index in [1.807, 2.05) is 50.3 Å². The largest absolute Gasteiger partial charge is 0.469 e. The number of aryl methyl sites for hydroxylation is 2. The molecule has 2 atom stereocenters. The van der Waals surface area contributed by atoms with Gasteiger partial charge in [-0.05, 0) is 86.2 Å². The molecule has 0 aromatic carbocycles. The number of nitrogens with zero attached hydrogens (tertiary/aromatic N) is 3. The van der Waals surface area contributed by atoms with Crippen molar-refractivity contribution in [2.75, 3.05) is 20.8 Å². The first-order chi connectivity index (χ1) is 26.0. The summed E-state index contributed by atoms with van der Waals surface area (Å²) in [6.07, 6.45) is 5.28. The monoisotopic (exact) mass is 728 g/mol. The quantitative estimate of drug-likeness (QED) is 0.132. The van der Waals surface area contributed by atoms with E-state index in [0.29, 0.717) is 52.8 Å². The third kappa shape index (κ3) is 7.35. The van der Waals surface area contributed by atoms with Crippen LogP contribution in [0.5, 0.6) is 0 Å². The first-order valence-corrected chi connectivity index (χ1v) is 18.4. The highest BCUT2D eigenvalue weighted by Crippen LogP contribution is 2.43. The zero-order valence-corrected chi connectivity index (χ0v) is 32.1. The van der Waals surface area contributed by atoms with Gasteiger partial charge in [-0.15, -0.1) is 0 Å². The van der Waals surface area contributed by atoms with Crippen LogP contribution in [0, 0.1) is 13.8 Å². The number of hydrogen-bond acceptors (Lipinski definition) is 8. The van der Waals surface area contributed by atoms with Crippen molar-refractivity contribution < 1.29 is 23.9 Å². The SMILES string of the molecule is C=Cc1c(C)c2cc3nc(c(CC(=O)OC)c4[nH]c(cc5nc(cc1[nH]2)C(C)=C5CC)c(C)c4C(=O)NCCc1ccccn1)[C@@H](CCC(=O)OC)[C@@H]3C. The zero-order valence-electron chi connectivity index (χ0n) is 32.1. The molecule has 0 unspecified atom stereocenters. The maximum absolute atomic E-state index is 14.3. The Labute approximate surface area is 315 Å². The molecule has 0 saturated carbocycles. The summed E-state index contributed by atoms with van der Waals surface area (Å²) in [5, 5.41) is 3.10. The van der Waals surface area contributed by atoms with E-state index in [9.17, 15) is 14.4 Å². The lowest BCUT2D eigenvalue weighted by molar-refractivity contribution is -0.141. The molecule has 0 aliphatic carbocycles. The standard InChI is InChI=1S/C43H48N6O5/c1-9-28-23(3)32-20-34-25(5)30(14-15-38(50)53-7)41(48-34)31(19-39(51)54-8)42-40(43(52)45-18-16-27-13-11-12-17-44-27)26(6)35(49-42)22-37-29(10-2)24(4)33(47-37)21-36(28)46-32/h9,11-13,17,20-22,25,30,46,49H,1,10,14-16,18-19H2,2-8H3,(H,45,52)/t25-,30-/m0/s1. The van der Waals surface area contributed by atoms with E-state index in [4.69, 9.17) is 19.4 Å². The summed E-state index contributed by atoms with van der Waals surface area (Å²) in [6, 6.07) is 11.8. The summed E-state index contributed by atoms with van der Waals surface area (Å²) < 4.78 is 10.3. The number of allylic oxidation sites excluding steroid dienone is 2. The second-order valence-corrected chi connectivity index (χ2v) is 13.9. The van der Waals surface area contributed by atoms with Crippen molar-refractivity contribution >= 4 is 57.1 Å². The van der Waals surface area contributed by atoms with Crippen molar-refractivity contribution in [2.45, 2.75) is 78.6 Å². The molecule has 4 aromatic rings. The van der Waals surface area contributed by atoms with Crippen LogP contribution in [0.1, 0.15) is 113 Å². The van der Waals surface area contributed by atoms with Gasteiger partial charge in [-0.2, -0.15) is 0 Å². The van der Waals surface area contributed by atoms with Gasteiger partial charge in [0.1, 0.15) is 0 Å². The van der Waals surface area contributed by atoms with Gasteiger partial charge in [0.25, 0.3) is 5.91 Å². The lowest BCUT2D eigenvalue weighted by Crippen LogP contribution is -2.26. The topological polar surface area (TPSA) is 152 Å². The maximum Gasteiger partial charge on any atom is 0.310 e. The van der Waals surface area contributed by atoms with Gasteiger partial charge >= 0.3 is 11.9 Å². The maximum atomic E-state index is 14.3. The Morgan fingerprint density at radius 2 is 1.69 bits per heavy atom. The van der Waals surface area contributed by atoms with Crippen molar-refractivity contribution in [1.29, 1.82) is 0 Å². The predicted octanol–water partition coefficient (Wildman–Crippen LogP) is 7.84. The second kappa shape index (κ2) is 16.0. The van der Waals surface area contributed by atoms with Crippen LogP contribution < -0.4 is 5.32 Å². The second-order valence-electron chi connectivity index (χ2n) is 13.9. The molecule has 2 aliphatic heterocycles. The van der Waals surface area contributed by atoms with E-state index < -0.39 is 5.97 Å². The summed E-state index contributed by atoms with van der Waals surface area (Å²) in [7, 11) is 2.71. The Morgan fingerprint density at radius 1 is 0.944 bits per heavy atom. The molecule has 54 heavy (non-hydrogen) atoms. The van der Waals surface area contributed by atoms with E-state index in [0.717, 1.165) is 62.5 Å². The lowest BCUT2D eigenvalue weighted by atomic mass is 9.85. The number of fused-ring (bicyclic) bond motifs is 8. The number of aromatic nitrogens is 5. The Balaban J connectivity index is 1.71. The van der Waals surface area contributed by atoms with Gasteiger partial charge in [0.15, 0.2) is 0 Å². The van der Waals surface area contributed by atoms with Gasteiger partial charge in [-0.3, -0.25) is 24.4 Å². The van der Waals surface area contributed by atoms with E-state index in [2.05, 4.69) is 53.7 Å². The van der Waals surface area contributed by atoms with Crippen molar-refractivity contribution in [3.05, 3.63) is 105 Å². The first kappa shape index (κ1) is 37.9. The molecule has 0 fully saturated rings. The van der Waals surface area contributed by atoms with Crippen molar-refractivity contribution in [2.24, 2.45) is 0 Å². The molecule has 1 amide bonds. The summed E-state index contributed by atoms with van der Waals surface area (Å²) in [5.74, 6) is -1.56. The number of methoxy groups -OCH3 is 2. The van der Waals surface area contributed by atoms with Crippen LogP contribution in [0.15, 0.2) is 49.2 Å². The van der Waals surface area contributed by atoms with Gasteiger partial charge in [0.05, 0.1) is 48.8 Å². The van der Waals surface area contributed by atoms with Gasteiger partial charge in [-0.1, -0.05) is 32.6 Å². The molecule has 6 rings (SSSR count). The highest BCUT2D eigenvalue weighted by molar-refractivity contribution is 6.06. The van der Waals surface area contributed by atoms with Crippen LogP contribution in [-0.4, -0.2) is 63.5 Å². The average molecular weight is 729 g/mol. The van der Waals surface area contributed by atoms with Crippen LogP contribution in [0.3, 0.4) is 0 Å². The minimum atomic E-state index is -0.486. The van der Waals surface area contributed by atoms with Crippen LogP contribution in [0.2, 0.25) is 0 Å². The normalized spacial score (nSPS) is 15.2. The number of carbonyl (C=O) groups excluding carboxylic acids is 3. The number of rotatable bonds is 11. The van der Waals surface area contributed by atoms with Crippen molar-refractivity contribution in [3.63, 3.8) is 0 Å². The van der Waals surface area contributed by atoms with Gasteiger partial charge in [-0.25, -0.2) is 4.98 Å². The Hall–Kier alpha value is -5.84. The number of H-pyrrole nitrogens is 2.